The van der Waals surface area contributed by atoms with Crippen LogP contribution in [0, 0.1) is 0 Å². The van der Waals surface area contributed by atoms with Gasteiger partial charge in [-0.3, -0.25) is 4.79 Å². The standard InChI is InChI=1S/C19H26O3S/c1-13(18(21)22-19(2,3)4)15-7-5-14(6-8-15)11-16-12-23-10-9-17(16)20/h5-8,11,13,18,21H,9-10,12H2,1-4H3/b16-11+. The van der Waals surface area contributed by atoms with Gasteiger partial charge in [0, 0.05) is 29.4 Å². The molecule has 1 aromatic rings. The Morgan fingerprint density at radius 2 is 1.91 bits per heavy atom. The normalized spacial score (nSPS) is 20.6. The smallest absolute Gasteiger partial charge is 0.161 e. The molecule has 1 aliphatic rings. The molecule has 126 valence electrons. The number of benzene rings is 1. The van der Waals surface area contributed by atoms with Gasteiger partial charge in [0.2, 0.25) is 0 Å². The van der Waals surface area contributed by atoms with Crippen molar-refractivity contribution in [2.45, 2.75) is 51.9 Å². The highest BCUT2D eigenvalue weighted by atomic mass is 32.2. The average molecular weight is 334 g/mol. The molecular weight excluding hydrogens is 308 g/mol. The number of thioether (sulfide) groups is 1. The quantitative estimate of drug-likeness (QED) is 0.667. The number of hydrogen-bond acceptors (Lipinski definition) is 4. The summed E-state index contributed by atoms with van der Waals surface area (Å²) < 4.78 is 5.62. The van der Waals surface area contributed by atoms with E-state index in [1.54, 1.807) is 11.8 Å². The van der Waals surface area contributed by atoms with Crippen molar-refractivity contribution in [3.8, 4) is 0 Å². The lowest BCUT2D eigenvalue weighted by Crippen LogP contribution is -2.30. The average Bonchev–Trinajstić information content (AvgIpc) is 2.48. The van der Waals surface area contributed by atoms with Crippen molar-refractivity contribution in [3.63, 3.8) is 0 Å². The van der Waals surface area contributed by atoms with Crippen molar-refractivity contribution in [2.24, 2.45) is 0 Å². The molecule has 0 bridgehead atoms. The second-order valence-electron chi connectivity index (χ2n) is 6.97. The third-order valence-corrected chi connectivity index (χ3v) is 4.80. The predicted molar refractivity (Wildman–Crippen MR) is 96.6 cm³/mol. The van der Waals surface area contributed by atoms with Crippen molar-refractivity contribution in [1.82, 2.24) is 0 Å². The van der Waals surface area contributed by atoms with Crippen LogP contribution in [0.15, 0.2) is 29.8 Å². The minimum absolute atomic E-state index is 0.109. The zero-order chi connectivity index (χ0) is 17.0. The van der Waals surface area contributed by atoms with E-state index < -0.39 is 6.29 Å². The summed E-state index contributed by atoms with van der Waals surface area (Å²) >= 11 is 1.80. The maximum Gasteiger partial charge on any atom is 0.161 e. The number of ether oxygens (including phenoxy) is 1. The maximum absolute atomic E-state index is 11.9. The highest BCUT2D eigenvalue weighted by Crippen LogP contribution is 2.25. The van der Waals surface area contributed by atoms with Crippen LogP contribution in [0.4, 0.5) is 0 Å². The first-order valence-corrected chi connectivity index (χ1v) is 9.19. The van der Waals surface area contributed by atoms with Gasteiger partial charge in [0.05, 0.1) is 5.60 Å². The molecule has 0 amide bonds. The van der Waals surface area contributed by atoms with Gasteiger partial charge in [-0.25, -0.2) is 0 Å². The predicted octanol–water partition coefficient (Wildman–Crippen LogP) is 4.01. The lowest BCUT2D eigenvalue weighted by molar-refractivity contribution is -0.174. The second kappa shape index (κ2) is 7.65. The number of carbonyl (C=O) groups is 1. The summed E-state index contributed by atoms with van der Waals surface area (Å²) in [6.07, 6.45) is 1.78. The van der Waals surface area contributed by atoms with Crippen molar-refractivity contribution < 1.29 is 14.6 Å². The van der Waals surface area contributed by atoms with Crippen LogP contribution in [0.5, 0.6) is 0 Å². The molecule has 0 aliphatic carbocycles. The van der Waals surface area contributed by atoms with Gasteiger partial charge in [0.25, 0.3) is 0 Å². The summed E-state index contributed by atoms with van der Waals surface area (Å²) in [6.45, 7) is 7.73. The molecule has 1 heterocycles. The summed E-state index contributed by atoms with van der Waals surface area (Å²) in [7, 11) is 0. The van der Waals surface area contributed by atoms with E-state index in [0.29, 0.717) is 6.42 Å². The molecule has 1 fully saturated rings. The van der Waals surface area contributed by atoms with Crippen LogP contribution in [0.2, 0.25) is 0 Å². The first-order valence-electron chi connectivity index (χ1n) is 8.03. The Morgan fingerprint density at radius 3 is 2.48 bits per heavy atom. The Hall–Kier alpha value is -1.10. The van der Waals surface area contributed by atoms with Crippen LogP contribution in [0.3, 0.4) is 0 Å². The van der Waals surface area contributed by atoms with Crippen LogP contribution in [-0.2, 0) is 9.53 Å². The van der Waals surface area contributed by atoms with Crippen LogP contribution in [0.25, 0.3) is 6.08 Å². The van der Waals surface area contributed by atoms with Gasteiger partial charge in [-0.2, -0.15) is 11.8 Å². The number of aliphatic hydroxyl groups is 1. The highest BCUT2D eigenvalue weighted by Gasteiger charge is 2.23. The number of Topliss-reactive ketones (excluding diaryl/α,β-unsaturated/α-hetero) is 1. The summed E-state index contributed by atoms with van der Waals surface area (Å²) in [5, 5.41) is 10.2. The summed E-state index contributed by atoms with van der Waals surface area (Å²) in [5.74, 6) is 1.88. The third kappa shape index (κ3) is 5.48. The molecule has 2 unspecified atom stereocenters. The van der Waals surface area contributed by atoms with E-state index in [-0.39, 0.29) is 17.3 Å². The zero-order valence-electron chi connectivity index (χ0n) is 14.3. The molecular formula is C19H26O3S. The van der Waals surface area contributed by atoms with E-state index in [2.05, 4.69) is 0 Å². The van der Waals surface area contributed by atoms with Gasteiger partial charge >= 0.3 is 0 Å². The molecule has 2 rings (SSSR count). The summed E-state index contributed by atoms with van der Waals surface area (Å²) in [5.41, 5.74) is 2.57. The fourth-order valence-corrected chi connectivity index (χ4v) is 3.37. The molecule has 4 heteroatoms. The van der Waals surface area contributed by atoms with E-state index in [4.69, 9.17) is 4.74 Å². The molecule has 0 saturated carbocycles. The second-order valence-corrected chi connectivity index (χ2v) is 8.08. The van der Waals surface area contributed by atoms with Crippen molar-refractivity contribution in [1.29, 1.82) is 0 Å². The number of rotatable bonds is 4. The molecule has 1 aliphatic heterocycles. The van der Waals surface area contributed by atoms with Crippen LogP contribution in [-0.4, -0.2) is 34.3 Å². The van der Waals surface area contributed by atoms with Crippen LogP contribution < -0.4 is 0 Å². The fraction of sp³-hybridized carbons (Fsp3) is 0.526. The van der Waals surface area contributed by atoms with E-state index >= 15 is 0 Å². The summed E-state index contributed by atoms with van der Waals surface area (Å²) in [6, 6.07) is 7.98. The van der Waals surface area contributed by atoms with E-state index in [1.165, 1.54) is 0 Å². The van der Waals surface area contributed by atoms with Gasteiger partial charge < -0.3 is 9.84 Å². The molecule has 0 spiro atoms. The number of carbonyl (C=O) groups excluding carboxylic acids is 1. The molecule has 0 aromatic heterocycles. The van der Waals surface area contributed by atoms with Crippen LogP contribution >= 0.6 is 11.8 Å². The molecule has 1 saturated heterocycles. The molecule has 1 aromatic carbocycles. The molecule has 3 nitrogen and oxygen atoms in total. The monoisotopic (exact) mass is 334 g/mol. The zero-order valence-corrected chi connectivity index (χ0v) is 15.2. The Balaban J connectivity index is 2.07. The van der Waals surface area contributed by atoms with Crippen molar-refractivity contribution in [3.05, 3.63) is 41.0 Å². The lowest BCUT2D eigenvalue weighted by Gasteiger charge is -2.28. The Kier molecular flexibility index (Phi) is 6.06. The molecule has 2 atom stereocenters. The van der Waals surface area contributed by atoms with Gasteiger partial charge in [0.15, 0.2) is 12.1 Å². The maximum atomic E-state index is 11.9. The first-order chi connectivity index (χ1) is 10.8. The van der Waals surface area contributed by atoms with E-state index in [0.717, 1.165) is 28.2 Å². The van der Waals surface area contributed by atoms with E-state index in [9.17, 15) is 9.90 Å². The Labute approximate surface area is 143 Å². The molecule has 23 heavy (non-hydrogen) atoms. The van der Waals surface area contributed by atoms with Crippen molar-refractivity contribution >= 4 is 23.6 Å². The van der Waals surface area contributed by atoms with Gasteiger partial charge in [0.1, 0.15) is 0 Å². The lowest BCUT2D eigenvalue weighted by atomic mass is 9.98. The van der Waals surface area contributed by atoms with Gasteiger partial charge in [-0.1, -0.05) is 31.2 Å². The van der Waals surface area contributed by atoms with Crippen molar-refractivity contribution in [2.75, 3.05) is 11.5 Å². The minimum atomic E-state index is -0.837. The Morgan fingerprint density at radius 1 is 1.26 bits per heavy atom. The fourth-order valence-electron chi connectivity index (χ4n) is 2.44. The molecule has 1 N–H and O–H groups in total. The summed E-state index contributed by atoms with van der Waals surface area (Å²) in [4.78, 5) is 11.9. The first kappa shape index (κ1) is 18.2. The van der Waals surface area contributed by atoms with E-state index in [1.807, 2.05) is 58.0 Å². The number of aliphatic hydroxyl groups excluding tert-OH is 1. The Bertz CT molecular complexity index is 569. The number of hydrogen-bond donors (Lipinski definition) is 1. The van der Waals surface area contributed by atoms with Gasteiger partial charge in [-0.15, -0.1) is 0 Å². The van der Waals surface area contributed by atoms with Crippen LogP contribution in [0.1, 0.15) is 51.2 Å². The molecule has 0 radical (unpaired) electrons. The number of ketones is 1. The largest absolute Gasteiger partial charge is 0.367 e. The third-order valence-electron chi connectivity index (χ3n) is 3.79. The topological polar surface area (TPSA) is 46.5 Å². The minimum Gasteiger partial charge on any atom is -0.367 e. The van der Waals surface area contributed by atoms with Gasteiger partial charge in [-0.05, 0) is 38.0 Å². The highest BCUT2D eigenvalue weighted by molar-refractivity contribution is 7.99. The SMILES string of the molecule is CC(c1ccc(/C=C2\CSCCC2=O)cc1)C(O)OC(C)(C)C.